The van der Waals surface area contributed by atoms with Gasteiger partial charge < -0.3 is 10.6 Å². The van der Waals surface area contributed by atoms with Crippen LogP contribution >= 0.6 is 0 Å². The monoisotopic (exact) mass is 240 g/mol. The largest absolute Gasteiger partial charge is 0.395 e. The van der Waals surface area contributed by atoms with E-state index in [0.717, 1.165) is 18.9 Å². The predicted molar refractivity (Wildman–Crippen MR) is 66.0 cm³/mol. The van der Waals surface area contributed by atoms with Gasteiger partial charge in [0, 0.05) is 19.2 Å². The molecule has 1 aromatic rings. The Kier molecular flexibility index (Phi) is 3.50. The summed E-state index contributed by atoms with van der Waals surface area (Å²) in [6.07, 6.45) is 5.72. The first kappa shape index (κ1) is 12.1. The van der Waals surface area contributed by atoms with Crippen molar-refractivity contribution in [3.63, 3.8) is 0 Å². The lowest BCUT2D eigenvalue weighted by Gasteiger charge is -2.33. The number of nitrogen functional groups attached to an aromatic ring is 1. The lowest BCUT2D eigenvalue weighted by molar-refractivity contribution is 0.427. The van der Waals surface area contributed by atoms with E-state index in [4.69, 9.17) is 5.73 Å². The maximum Gasteiger partial charge on any atom is 0.151 e. The number of nitrogens with two attached hydrogens (primary N) is 1. The van der Waals surface area contributed by atoms with E-state index in [-0.39, 0.29) is 5.69 Å². The smallest absolute Gasteiger partial charge is 0.151 e. The number of rotatable bonds is 2. The van der Waals surface area contributed by atoms with Gasteiger partial charge in [-0.2, -0.15) is 0 Å². The summed E-state index contributed by atoms with van der Waals surface area (Å²) in [7, 11) is 1.86. The molecule has 1 saturated carbocycles. The summed E-state index contributed by atoms with van der Waals surface area (Å²) >= 11 is 0. The van der Waals surface area contributed by atoms with Crippen molar-refractivity contribution in [1.29, 1.82) is 0 Å². The zero-order valence-electron chi connectivity index (χ0n) is 10.0. The molecule has 0 unspecified atom stereocenters. The first-order valence-electron chi connectivity index (χ1n) is 6.07. The molecule has 0 aliphatic heterocycles. The third-order valence-electron chi connectivity index (χ3n) is 3.57. The summed E-state index contributed by atoms with van der Waals surface area (Å²) < 4.78 is 26.6. The molecular weight excluding hydrogens is 222 g/mol. The zero-order valence-corrected chi connectivity index (χ0v) is 10.0. The van der Waals surface area contributed by atoms with Gasteiger partial charge in [-0.1, -0.05) is 19.3 Å². The average Bonchev–Trinajstić information content (AvgIpc) is 2.34. The molecule has 4 heteroatoms. The fourth-order valence-corrected chi connectivity index (χ4v) is 2.53. The Bertz CT molecular complexity index is 401. The number of hydrogen-bond donors (Lipinski definition) is 1. The van der Waals surface area contributed by atoms with E-state index in [0.29, 0.717) is 11.7 Å². The molecule has 1 aromatic carbocycles. The minimum atomic E-state index is -0.678. The van der Waals surface area contributed by atoms with Crippen LogP contribution in [-0.4, -0.2) is 13.1 Å². The van der Waals surface area contributed by atoms with E-state index in [9.17, 15) is 8.78 Å². The number of nitrogens with zero attached hydrogens (tertiary/aromatic N) is 1. The van der Waals surface area contributed by atoms with Crippen LogP contribution in [0, 0.1) is 11.6 Å². The van der Waals surface area contributed by atoms with E-state index in [1.54, 1.807) is 0 Å². The van der Waals surface area contributed by atoms with Crippen LogP contribution in [0.5, 0.6) is 0 Å². The van der Waals surface area contributed by atoms with Crippen molar-refractivity contribution in [2.75, 3.05) is 17.7 Å². The van der Waals surface area contributed by atoms with E-state index in [1.165, 1.54) is 25.3 Å². The molecule has 0 heterocycles. The van der Waals surface area contributed by atoms with Crippen molar-refractivity contribution in [3.05, 3.63) is 23.8 Å². The number of anilines is 2. The molecule has 2 N–H and O–H groups in total. The zero-order chi connectivity index (χ0) is 12.4. The summed E-state index contributed by atoms with van der Waals surface area (Å²) in [5.41, 5.74) is 6.18. The maximum absolute atomic E-state index is 13.4. The molecule has 17 heavy (non-hydrogen) atoms. The topological polar surface area (TPSA) is 29.3 Å². The SMILES string of the molecule is CN(c1cc(F)cc(F)c1N)C1CCCCC1. The minimum Gasteiger partial charge on any atom is -0.395 e. The van der Waals surface area contributed by atoms with Crippen LogP contribution < -0.4 is 10.6 Å². The molecular formula is C13H18F2N2. The maximum atomic E-state index is 13.4. The highest BCUT2D eigenvalue weighted by Crippen LogP contribution is 2.31. The molecule has 0 radical (unpaired) electrons. The highest BCUT2D eigenvalue weighted by atomic mass is 19.1. The Labute approximate surface area is 100 Å². The van der Waals surface area contributed by atoms with Gasteiger partial charge in [0.15, 0.2) is 5.82 Å². The number of halogens is 2. The molecule has 0 amide bonds. The lowest BCUT2D eigenvalue weighted by Crippen LogP contribution is -2.34. The third-order valence-corrected chi connectivity index (χ3v) is 3.57. The van der Waals surface area contributed by atoms with Gasteiger partial charge in [0.2, 0.25) is 0 Å². The quantitative estimate of drug-likeness (QED) is 0.803. The summed E-state index contributed by atoms with van der Waals surface area (Å²) in [5, 5.41) is 0. The Hall–Kier alpha value is -1.32. The highest BCUT2D eigenvalue weighted by molar-refractivity contribution is 5.68. The van der Waals surface area contributed by atoms with Gasteiger partial charge in [-0.15, -0.1) is 0 Å². The standard InChI is InChI=1S/C13H18F2N2/c1-17(10-5-3-2-4-6-10)12-8-9(14)7-11(15)13(12)16/h7-8,10H,2-6,16H2,1H3. The first-order chi connectivity index (χ1) is 8.09. The molecule has 1 fully saturated rings. The summed E-state index contributed by atoms with van der Waals surface area (Å²) in [5.74, 6) is -1.25. The summed E-state index contributed by atoms with van der Waals surface area (Å²) in [4.78, 5) is 1.92. The predicted octanol–water partition coefficient (Wildman–Crippen LogP) is 3.32. The van der Waals surface area contributed by atoms with Crippen LogP contribution in [0.1, 0.15) is 32.1 Å². The Morgan fingerprint density at radius 2 is 1.82 bits per heavy atom. The average molecular weight is 240 g/mol. The molecule has 0 bridgehead atoms. The van der Waals surface area contributed by atoms with Gasteiger partial charge in [-0.05, 0) is 18.9 Å². The summed E-state index contributed by atoms with van der Waals surface area (Å²) in [6.45, 7) is 0. The second-order valence-corrected chi connectivity index (χ2v) is 4.72. The van der Waals surface area contributed by atoms with Gasteiger partial charge in [0.1, 0.15) is 5.82 Å². The van der Waals surface area contributed by atoms with Gasteiger partial charge in [-0.25, -0.2) is 8.78 Å². The number of benzene rings is 1. The second-order valence-electron chi connectivity index (χ2n) is 4.72. The molecule has 1 aliphatic rings. The van der Waals surface area contributed by atoms with Crippen molar-refractivity contribution < 1.29 is 8.78 Å². The molecule has 94 valence electrons. The van der Waals surface area contributed by atoms with Crippen LogP contribution in [0.3, 0.4) is 0 Å². The van der Waals surface area contributed by atoms with Gasteiger partial charge in [0.25, 0.3) is 0 Å². The summed E-state index contributed by atoms with van der Waals surface area (Å²) in [6, 6.07) is 2.48. The Balaban J connectivity index is 2.26. The lowest BCUT2D eigenvalue weighted by atomic mass is 9.94. The van der Waals surface area contributed by atoms with E-state index in [1.807, 2.05) is 11.9 Å². The molecule has 0 aromatic heterocycles. The third kappa shape index (κ3) is 2.51. The fourth-order valence-electron chi connectivity index (χ4n) is 2.53. The van der Waals surface area contributed by atoms with Crippen molar-refractivity contribution in [1.82, 2.24) is 0 Å². The van der Waals surface area contributed by atoms with Crippen LogP contribution in [0.25, 0.3) is 0 Å². The van der Waals surface area contributed by atoms with E-state index in [2.05, 4.69) is 0 Å². The van der Waals surface area contributed by atoms with E-state index < -0.39 is 11.6 Å². The second kappa shape index (κ2) is 4.90. The minimum absolute atomic E-state index is 0.0412. The fraction of sp³-hybridized carbons (Fsp3) is 0.538. The van der Waals surface area contributed by atoms with Crippen molar-refractivity contribution in [2.45, 2.75) is 38.1 Å². The molecule has 0 saturated heterocycles. The van der Waals surface area contributed by atoms with E-state index >= 15 is 0 Å². The number of hydrogen-bond acceptors (Lipinski definition) is 2. The van der Waals surface area contributed by atoms with Crippen LogP contribution in [0.15, 0.2) is 12.1 Å². The van der Waals surface area contributed by atoms with Crippen LogP contribution in [-0.2, 0) is 0 Å². The molecule has 0 spiro atoms. The van der Waals surface area contributed by atoms with Gasteiger partial charge in [0.05, 0.1) is 11.4 Å². The molecule has 0 atom stereocenters. The Morgan fingerprint density at radius 3 is 2.47 bits per heavy atom. The van der Waals surface area contributed by atoms with Crippen molar-refractivity contribution >= 4 is 11.4 Å². The normalized spacial score (nSPS) is 17.1. The molecule has 2 rings (SSSR count). The molecule has 2 nitrogen and oxygen atoms in total. The van der Waals surface area contributed by atoms with Gasteiger partial charge >= 0.3 is 0 Å². The highest BCUT2D eigenvalue weighted by Gasteiger charge is 2.21. The Morgan fingerprint density at radius 1 is 1.18 bits per heavy atom. The van der Waals surface area contributed by atoms with Crippen molar-refractivity contribution in [3.8, 4) is 0 Å². The molecule has 1 aliphatic carbocycles. The van der Waals surface area contributed by atoms with Crippen molar-refractivity contribution in [2.24, 2.45) is 0 Å². The first-order valence-corrected chi connectivity index (χ1v) is 6.07. The van der Waals surface area contributed by atoms with Gasteiger partial charge in [-0.3, -0.25) is 0 Å². The van der Waals surface area contributed by atoms with Crippen LogP contribution in [0.2, 0.25) is 0 Å². The van der Waals surface area contributed by atoms with Crippen LogP contribution in [0.4, 0.5) is 20.2 Å².